The molecule has 19 heavy (non-hydrogen) atoms. The third-order valence-corrected chi connectivity index (χ3v) is 2.99. The lowest BCUT2D eigenvalue weighted by molar-refractivity contribution is -0.116. The topological polar surface area (TPSA) is 75.6 Å². The Morgan fingerprint density at radius 3 is 2.74 bits per heavy atom. The van der Waals surface area contributed by atoms with Crippen molar-refractivity contribution >= 4 is 29.2 Å². The molecule has 1 amide bonds. The van der Waals surface area contributed by atoms with E-state index >= 15 is 0 Å². The smallest absolute Gasteiger partial charge is 0.337 e. The van der Waals surface area contributed by atoms with Gasteiger partial charge in [0.05, 0.1) is 16.7 Å². The van der Waals surface area contributed by atoms with Gasteiger partial charge in [0.1, 0.15) is 0 Å². The fourth-order valence-electron chi connectivity index (χ4n) is 1.44. The Balaban J connectivity index is 2.64. The van der Waals surface area contributed by atoms with Crippen LogP contribution >= 0.6 is 11.6 Å². The molecule has 1 atom stereocenters. The molecule has 0 saturated carbocycles. The lowest BCUT2D eigenvalue weighted by Gasteiger charge is -2.10. The van der Waals surface area contributed by atoms with Crippen LogP contribution in [0.3, 0.4) is 0 Å². The minimum absolute atomic E-state index is 0.00514. The fourth-order valence-corrected chi connectivity index (χ4v) is 1.64. The van der Waals surface area contributed by atoms with Crippen molar-refractivity contribution in [2.45, 2.75) is 25.9 Å². The average Bonchev–Trinajstić information content (AvgIpc) is 2.37. The van der Waals surface area contributed by atoms with Crippen LogP contribution < -0.4 is 5.32 Å². The van der Waals surface area contributed by atoms with Gasteiger partial charge in [-0.05, 0) is 31.5 Å². The SMILES string of the molecule is COC(C)CCC(=O)Nc1ccc(Cl)c(C(=O)O)c1. The first-order valence-corrected chi connectivity index (χ1v) is 6.17. The van der Waals surface area contributed by atoms with Crippen molar-refractivity contribution in [3.63, 3.8) is 0 Å². The van der Waals surface area contributed by atoms with Gasteiger partial charge in [0.25, 0.3) is 0 Å². The van der Waals surface area contributed by atoms with Crippen LogP contribution in [-0.2, 0) is 9.53 Å². The van der Waals surface area contributed by atoms with Gasteiger partial charge in [-0.15, -0.1) is 0 Å². The molecule has 0 radical (unpaired) electrons. The van der Waals surface area contributed by atoms with Crippen LogP contribution in [0.5, 0.6) is 0 Å². The molecule has 0 aromatic heterocycles. The summed E-state index contributed by atoms with van der Waals surface area (Å²) in [5, 5.41) is 11.7. The summed E-state index contributed by atoms with van der Waals surface area (Å²) in [6.07, 6.45) is 0.910. The third-order valence-electron chi connectivity index (χ3n) is 2.66. The Labute approximate surface area is 116 Å². The number of ether oxygens (including phenoxy) is 1. The Hall–Kier alpha value is -1.59. The van der Waals surface area contributed by atoms with E-state index in [-0.39, 0.29) is 22.6 Å². The Morgan fingerprint density at radius 1 is 1.47 bits per heavy atom. The highest BCUT2D eigenvalue weighted by Crippen LogP contribution is 2.20. The molecule has 0 aliphatic carbocycles. The maximum absolute atomic E-state index is 11.7. The van der Waals surface area contributed by atoms with E-state index in [1.165, 1.54) is 12.1 Å². The van der Waals surface area contributed by atoms with Gasteiger partial charge in [-0.3, -0.25) is 4.79 Å². The minimum Gasteiger partial charge on any atom is -0.478 e. The van der Waals surface area contributed by atoms with E-state index in [1.54, 1.807) is 13.2 Å². The first-order valence-electron chi connectivity index (χ1n) is 5.79. The molecule has 1 aromatic rings. The Kier molecular flexibility index (Phi) is 5.79. The monoisotopic (exact) mass is 285 g/mol. The molecule has 0 spiro atoms. The zero-order chi connectivity index (χ0) is 14.4. The lowest BCUT2D eigenvalue weighted by Crippen LogP contribution is -2.15. The Morgan fingerprint density at radius 2 is 2.16 bits per heavy atom. The molecular weight excluding hydrogens is 270 g/mol. The molecular formula is C13H16ClNO4. The zero-order valence-corrected chi connectivity index (χ0v) is 11.5. The molecule has 104 valence electrons. The van der Waals surface area contributed by atoms with Gasteiger partial charge in [-0.25, -0.2) is 4.79 Å². The number of amides is 1. The second kappa shape index (κ2) is 7.11. The summed E-state index contributed by atoms with van der Waals surface area (Å²) in [6.45, 7) is 1.87. The van der Waals surface area contributed by atoms with Crippen LogP contribution in [0.1, 0.15) is 30.1 Å². The van der Waals surface area contributed by atoms with Crippen molar-refractivity contribution in [2.24, 2.45) is 0 Å². The maximum Gasteiger partial charge on any atom is 0.337 e. The quantitative estimate of drug-likeness (QED) is 0.843. The molecule has 1 unspecified atom stereocenters. The number of carbonyl (C=O) groups is 2. The van der Waals surface area contributed by atoms with Crippen molar-refractivity contribution in [1.29, 1.82) is 0 Å². The second-order valence-electron chi connectivity index (χ2n) is 4.13. The summed E-state index contributed by atoms with van der Waals surface area (Å²) in [5.74, 6) is -1.32. The number of nitrogens with one attached hydrogen (secondary N) is 1. The number of anilines is 1. The van der Waals surface area contributed by atoms with E-state index in [2.05, 4.69) is 5.32 Å². The number of rotatable bonds is 6. The number of carboxylic acids is 1. The van der Waals surface area contributed by atoms with Gasteiger partial charge in [-0.1, -0.05) is 11.6 Å². The zero-order valence-electron chi connectivity index (χ0n) is 10.8. The molecule has 0 aliphatic rings. The van der Waals surface area contributed by atoms with Gasteiger partial charge in [0.2, 0.25) is 5.91 Å². The van der Waals surface area contributed by atoms with Crippen molar-refractivity contribution in [3.8, 4) is 0 Å². The summed E-state index contributed by atoms with van der Waals surface area (Å²) in [6, 6.07) is 4.34. The molecule has 6 heteroatoms. The van der Waals surface area contributed by atoms with Gasteiger partial charge in [0.15, 0.2) is 0 Å². The minimum atomic E-state index is -1.13. The van der Waals surface area contributed by atoms with Crippen molar-refractivity contribution in [1.82, 2.24) is 0 Å². The van der Waals surface area contributed by atoms with Crippen LogP contribution in [0.25, 0.3) is 0 Å². The normalized spacial score (nSPS) is 11.9. The molecule has 1 rings (SSSR count). The molecule has 0 bridgehead atoms. The number of methoxy groups -OCH3 is 1. The average molecular weight is 286 g/mol. The van der Waals surface area contributed by atoms with Gasteiger partial charge in [-0.2, -0.15) is 0 Å². The standard InChI is InChI=1S/C13H16ClNO4/c1-8(19-2)3-6-12(16)15-9-4-5-11(14)10(7-9)13(17)18/h4-5,7-8H,3,6H2,1-2H3,(H,15,16)(H,17,18). The molecule has 5 nitrogen and oxygen atoms in total. The first-order chi connectivity index (χ1) is 8.93. The van der Waals surface area contributed by atoms with E-state index < -0.39 is 5.97 Å². The van der Waals surface area contributed by atoms with Crippen LogP contribution in [0.4, 0.5) is 5.69 Å². The molecule has 0 aliphatic heterocycles. The number of hydrogen-bond acceptors (Lipinski definition) is 3. The molecule has 1 aromatic carbocycles. The highest BCUT2D eigenvalue weighted by molar-refractivity contribution is 6.33. The largest absolute Gasteiger partial charge is 0.478 e. The number of halogens is 1. The summed E-state index contributed by atoms with van der Waals surface area (Å²) < 4.78 is 5.04. The van der Waals surface area contributed by atoms with Gasteiger partial charge in [0, 0.05) is 19.2 Å². The van der Waals surface area contributed by atoms with Crippen molar-refractivity contribution in [3.05, 3.63) is 28.8 Å². The number of aromatic carboxylic acids is 1. The highest BCUT2D eigenvalue weighted by atomic mass is 35.5. The van der Waals surface area contributed by atoms with Crippen LogP contribution in [-0.4, -0.2) is 30.2 Å². The van der Waals surface area contributed by atoms with E-state index in [4.69, 9.17) is 21.4 Å². The number of carbonyl (C=O) groups excluding carboxylic acids is 1. The second-order valence-corrected chi connectivity index (χ2v) is 4.54. The lowest BCUT2D eigenvalue weighted by atomic mass is 10.2. The van der Waals surface area contributed by atoms with Crippen molar-refractivity contribution < 1.29 is 19.4 Å². The molecule has 0 fully saturated rings. The molecule has 0 saturated heterocycles. The summed E-state index contributed by atoms with van der Waals surface area (Å²) in [5.41, 5.74) is 0.376. The van der Waals surface area contributed by atoms with E-state index in [0.29, 0.717) is 18.5 Å². The van der Waals surface area contributed by atoms with E-state index in [9.17, 15) is 9.59 Å². The predicted molar refractivity (Wildman–Crippen MR) is 72.7 cm³/mol. The fraction of sp³-hybridized carbons (Fsp3) is 0.385. The number of hydrogen-bond donors (Lipinski definition) is 2. The van der Waals surface area contributed by atoms with Crippen LogP contribution in [0, 0.1) is 0 Å². The summed E-state index contributed by atoms with van der Waals surface area (Å²) in [4.78, 5) is 22.6. The predicted octanol–water partition coefficient (Wildman–Crippen LogP) is 2.79. The molecule has 0 heterocycles. The van der Waals surface area contributed by atoms with E-state index in [1.807, 2.05) is 6.92 Å². The number of carboxylic acid groups (broad SMARTS) is 1. The van der Waals surface area contributed by atoms with Gasteiger partial charge >= 0.3 is 5.97 Å². The van der Waals surface area contributed by atoms with Crippen LogP contribution in [0.2, 0.25) is 5.02 Å². The Bertz CT molecular complexity index is 476. The summed E-state index contributed by atoms with van der Waals surface area (Å²) >= 11 is 5.74. The molecule has 2 N–H and O–H groups in total. The first kappa shape index (κ1) is 15.5. The van der Waals surface area contributed by atoms with Crippen LogP contribution in [0.15, 0.2) is 18.2 Å². The third kappa shape index (κ3) is 4.89. The van der Waals surface area contributed by atoms with Crippen molar-refractivity contribution in [2.75, 3.05) is 12.4 Å². The highest BCUT2D eigenvalue weighted by Gasteiger charge is 2.11. The summed E-state index contributed by atoms with van der Waals surface area (Å²) in [7, 11) is 1.58. The van der Waals surface area contributed by atoms with E-state index in [0.717, 1.165) is 0 Å². The number of benzene rings is 1. The maximum atomic E-state index is 11.7. The van der Waals surface area contributed by atoms with Gasteiger partial charge < -0.3 is 15.2 Å².